The van der Waals surface area contributed by atoms with Gasteiger partial charge in [0, 0.05) is 32.6 Å². The average molecular weight is 479 g/mol. The summed E-state index contributed by atoms with van der Waals surface area (Å²) < 4.78 is 17.8. The van der Waals surface area contributed by atoms with Gasteiger partial charge in [-0.1, -0.05) is 51.1 Å². The van der Waals surface area contributed by atoms with E-state index >= 15 is 0 Å². The molecule has 1 heterocycles. The van der Waals surface area contributed by atoms with Crippen LogP contribution in [0.15, 0.2) is 30.3 Å². The number of nitrogens with zero attached hydrogens (tertiary/aromatic N) is 2. The minimum Gasteiger partial charge on any atom is -0.445 e. The second kappa shape index (κ2) is 10.5. The Bertz CT molecular complexity index is 801. The summed E-state index contributed by atoms with van der Waals surface area (Å²) in [5, 5.41) is 0.0391. The van der Waals surface area contributed by atoms with Gasteiger partial charge in [-0.2, -0.15) is 0 Å². The third kappa shape index (κ3) is 8.03. The van der Waals surface area contributed by atoms with Crippen molar-refractivity contribution in [3.8, 4) is 0 Å². The average Bonchev–Trinajstić information content (AvgIpc) is 3.06. The fraction of sp³-hybridized carbons (Fsp3) is 0.680. The second-order valence-corrected chi connectivity index (χ2v) is 16.2. The first-order valence-corrected chi connectivity index (χ1v) is 14.6. The minimum atomic E-state index is -2.07. The summed E-state index contributed by atoms with van der Waals surface area (Å²) in [6.45, 7) is 18.2. The zero-order valence-electron chi connectivity index (χ0n) is 21.8. The molecule has 0 aromatic heterocycles. The first-order chi connectivity index (χ1) is 15.1. The highest BCUT2D eigenvalue weighted by atomic mass is 28.4. The summed E-state index contributed by atoms with van der Waals surface area (Å²) >= 11 is 0. The Kier molecular flexibility index (Phi) is 8.62. The minimum absolute atomic E-state index is 0.0269. The molecule has 1 aromatic carbocycles. The molecule has 33 heavy (non-hydrogen) atoms. The Morgan fingerprint density at radius 3 is 2.21 bits per heavy atom. The lowest BCUT2D eigenvalue weighted by molar-refractivity contribution is 0.0272. The largest absolute Gasteiger partial charge is 0.445 e. The summed E-state index contributed by atoms with van der Waals surface area (Å²) in [6, 6.07) is 9.60. The van der Waals surface area contributed by atoms with Crippen LogP contribution in [0.3, 0.4) is 0 Å². The topological polar surface area (TPSA) is 68.3 Å². The molecule has 0 spiro atoms. The highest BCUT2D eigenvalue weighted by molar-refractivity contribution is 6.74. The predicted molar refractivity (Wildman–Crippen MR) is 133 cm³/mol. The van der Waals surface area contributed by atoms with Crippen LogP contribution in [-0.2, 0) is 20.5 Å². The van der Waals surface area contributed by atoms with E-state index in [1.54, 1.807) is 16.8 Å². The van der Waals surface area contributed by atoms with Crippen molar-refractivity contribution in [3.05, 3.63) is 35.9 Å². The van der Waals surface area contributed by atoms with E-state index in [0.29, 0.717) is 19.6 Å². The fourth-order valence-corrected chi connectivity index (χ4v) is 4.81. The summed E-state index contributed by atoms with van der Waals surface area (Å²) in [7, 11) is -0.345. The fourth-order valence-electron chi connectivity index (χ4n) is 3.44. The standard InChI is InChI=1S/C25H42N2O5Si/c1-24(2,3)31-23(29)27-16-20(21(17-27)32-33(8,9)25(4,5)6)15-26(7)22(28)30-18-19-13-11-10-12-14-19/h10-14,20-21H,15-18H2,1-9H3. The van der Waals surface area contributed by atoms with Gasteiger partial charge < -0.3 is 23.7 Å². The number of likely N-dealkylation sites (tertiary alicyclic amines) is 1. The van der Waals surface area contributed by atoms with E-state index in [9.17, 15) is 9.59 Å². The number of ether oxygens (including phenoxy) is 2. The molecule has 7 nitrogen and oxygen atoms in total. The van der Waals surface area contributed by atoms with E-state index in [1.807, 2.05) is 51.1 Å². The predicted octanol–water partition coefficient (Wildman–Crippen LogP) is 5.51. The maximum absolute atomic E-state index is 12.7. The van der Waals surface area contributed by atoms with Crippen molar-refractivity contribution in [2.75, 3.05) is 26.7 Å². The van der Waals surface area contributed by atoms with Crippen LogP contribution in [-0.4, -0.2) is 68.7 Å². The molecule has 186 valence electrons. The molecular weight excluding hydrogens is 436 g/mol. The summed E-state index contributed by atoms with van der Waals surface area (Å²) in [5.41, 5.74) is 0.374. The van der Waals surface area contributed by atoms with Crippen LogP contribution in [0.1, 0.15) is 47.1 Å². The Hall–Kier alpha value is -2.06. The molecule has 1 saturated heterocycles. The van der Waals surface area contributed by atoms with Gasteiger partial charge in [0.05, 0.1) is 6.10 Å². The number of hydrogen-bond donors (Lipinski definition) is 0. The molecule has 2 atom stereocenters. The van der Waals surface area contributed by atoms with Crippen molar-refractivity contribution in [2.24, 2.45) is 5.92 Å². The van der Waals surface area contributed by atoms with E-state index in [1.165, 1.54) is 0 Å². The van der Waals surface area contributed by atoms with Gasteiger partial charge in [-0.05, 0) is 44.5 Å². The van der Waals surface area contributed by atoms with Crippen LogP contribution >= 0.6 is 0 Å². The molecular formula is C25H42N2O5Si. The zero-order valence-corrected chi connectivity index (χ0v) is 22.8. The molecule has 0 bridgehead atoms. The first kappa shape index (κ1) is 27.2. The van der Waals surface area contributed by atoms with Crippen molar-refractivity contribution < 1.29 is 23.5 Å². The van der Waals surface area contributed by atoms with Crippen molar-refractivity contribution in [1.82, 2.24) is 9.80 Å². The van der Waals surface area contributed by atoms with Gasteiger partial charge in [-0.25, -0.2) is 9.59 Å². The maximum atomic E-state index is 12.7. The van der Waals surface area contributed by atoms with Gasteiger partial charge in [0.2, 0.25) is 0 Å². The van der Waals surface area contributed by atoms with Gasteiger partial charge in [-0.15, -0.1) is 0 Å². The molecule has 0 aliphatic carbocycles. The lowest BCUT2D eigenvalue weighted by Gasteiger charge is -2.39. The third-order valence-corrected chi connectivity index (χ3v) is 10.8. The van der Waals surface area contributed by atoms with Crippen LogP contribution in [0.25, 0.3) is 0 Å². The molecule has 2 rings (SSSR count). The third-order valence-electron chi connectivity index (χ3n) is 6.31. The van der Waals surface area contributed by atoms with Crippen molar-refractivity contribution >= 4 is 20.5 Å². The van der Waals surface area contributed by atoms with E-state index in [4.69, 9.17) is 13.9 Å². The molecule has 0 N–H and O–H groups in total. The maximum Gasteiger partial charge on any atom is 0.410 e. The number of hydrogen-bond acceptors (Lipinski definition) is 5. The number of amides is 2. The molecule has 2 unspecified atom stereocenters. The number of carbonyl (C=O) groups is 2. The Labute approximate surface area is 200 Å². The van der Waals surface area contributed by atoms with Crippen LogP contribution < -0.4 is 0 Å². The first-order valence-electron chi connectivity index (χ1n) is 11.7. The molecule has 0 saturated carbocycles. The summed E-state index contributed by atoms with van der Waals surface area (Å²) in [5.74, 6) is -0.0269. The molecule has 1 aliphatic heterocycles. The highest BCUT2D eigenvalue weighted by Crippen LogP contribution is 2.39. The van der Waals surface area contributed by atoms with Gasteiger partial charge in [0.15, 0.2) is 8.32 Å². The van der Waals surface area contributed by atoms with Crippen molar-refractivity contribution in [2.45, 2.75) is 78.0 Å². The molecule has 8 heteroatoms. The molecule has 2 amide bonds. The molecule has 0 radical (unpaired) electrons. The quantitative estimate of drug-likeness (QED) is 0.504. The van der Waals surface area contributed by atoms with Crippen LogP contribution in [0.5, 0.6) is 0 Å². The van der Waals surface area contributed by atoms with Crippen molar-refractivity contribution in [1.29, 1.82) is 0 Å². The van der Waals surface area contributed by atoms with Crippen LogP contribution in [0, 0.1) is 5.92 Å². The lowest BCUT2D eigenvalue weighted by Crippen LogP contribution is -2.47. The van der Waals surface area contributed by atoms with E-state index in [2.05, 4.69) is 33.9 Å². The Morgan fingerprint density at radius 1 is 1.06 bits per heavy atom. The Balaban J connectivity index is 2.08. The summed E-state index contributed by atoms with van der Waals surface area (Å²) in [6.07, 6.45) is -0.897. The number of benzene rings is 1. The zero-order chi connectivity index (χ0) is 25.0. The second-order valence-electron chi connectivity index (χ2n) is 11.5. The molecule has 1 fully saturated rings. The summed E-state index contributed by atoms with van der Waals surface area (Å²) in [4.78, 5) is 28.7. The number of carbonyl (C=O) groups excluding carboxylic acids is 2. The SMILES string of the molecule is CN(CC1CN(C(=O)OC(C)(C)C)CC1O[Si](C)(C)C(C)(C)C)C(=O)OCc1ccccc1. The monoisotopic (exact) mass is 478 g/mol. The van der Waals surface area contributed by atoms with E-state index in [0.717, 1.165) is 5.56 Å². The van der Waals surface area contributed by atoms with Gasteiger partial charge in [0.25, 0.3) is 0 Å². The number of rotatable bonds is 6. The highest BCUT2D eigenvalue weighted by Gasteiger charge is 2.45. The van der Waals surface area contributed by atoms with Crippen LogP contribution in [0.4, 0.5) is 9.59 Å². The van der Waals surface area contributed by atoms with E-state index in [-0.39, 0.29) is 35.9 Å². The van der Waals surface area contributed by atoms with Gasteiger partial charge >= 0.3 is 12.2 Å². The molecule has 1 aliphatic rings. The van der Waals surface area contributed by atoms with Crippen molar-refractivity contribution in [3.63, 3.8) is 0 Å². The normalized spacial score (nSPS) is 19.4. The van der Waals surface area contributed by atoms with E-state index < -0.39 is 13.9 Å². The molecule has 1 aromatic rings. The lowest BCUT2D eigenvalue weighted by atomic mass is 10.1. The van der Waals surface area contributed by atoms with Crippen LogP contribution in [0.2, 0.25) is 18.1 Å². The Morgan fingerprint density at radius 2 is 1.67 bits per heavy atom. The van der Waals surface area contributed by atoms with Gasteiger partial charge in [0.1, 0.15) is 12.2 Å². The smallest absolute Gasteiger partial charge is 0.410 e. The van der Waals surface area contributed by atoms with Gasteiger partial charge in [-0.3, -0.25) is 0 Å².